The van der Waals surface area contributed by atoms with Gasteiger partial charge in [-0.2, -0.15) is 5.26 Å². The quantitative estimate of drug-likeness (QED) is 0.879. The maximum absolute atomic E-state index is 8.65. The van der Waals surface area contributed by atoms with E-state index in [4.69, 9.17) is 10.00 Å². The second-order valence-corrected chi connectivity index (χ2v) is 5.18. The van der Waals surface area contributed by atoms with Gasteiger partial charge >= 0.3 is 0 Å². The SMILES string of the molecule is CCCC1CC(Nc2ccc(CC#N)cc2)CCO1. The molecule has 0 amide bonds. The fourth-order valence-corrected chi connectivity index (χ4v) is 2.58. The predicted molar refractivity (Wildman–Crippen MR) is 77.1 cm³/mol. The summed E-state index contributed by atoms with van der Waals surface area (Å²) in [5.41, 5.74) is 2.22. The van der Waals surface area contributed by atoms with Crippen molar-refractivity contribution in [1.29, 1.82) is 5.26 Å². The molecule has 1 fully saturated rings. The van der Waals surface area contributed by atoms with E-state index in [-0.39, 0.29) is 0 Å². The van der Waals surface area contributed by atoms with Gasteiger partial charge in [0.2, 0.25) is 0 Å². The Morgan fingerprint density at radius 2 is 2.16 bits per heavy atom. The summed E-state index contributed by atoms with van der Waals surface area (Å²) in [5.74, 6) is 0. The molecule has 0 spiro atoms. The van der Waals surface area contributed by atoms with Crippen LogP contribution in [0.1, 0.15) is 38.2 Å². The normalized spacial score (nSPS) is 22.7. The second-order valence-electron chi connectivity index (χ2n) is 5.18. The van der Waals surface area contributed by atoms with Crippen LogP contribution in [0.3, 0.4) is 0 Å². The van der Waals surface area contributed by atoms with Gasteiger partial charge in [-0.25, -0.2) is 0 Å². The lowest BCUT2D eigenvalue weighted by atomic mass is 9.99. The standard InChI is InChI=1S/C16H22N2O/c1-2-3-16-12-15(9-11-19-16)18-14-6-4-13(5-7-14)8-10-17/h4-7,15-16,18H,2-3,8-9,11-12H2,1H3. The first-order chi connectivity index (χ1) is 9.31. The van der Waals surface area contributed by atoms with Crippen molar-refractivity contribution in [3.05, 3.63) is 29.8 Å². The van der Waals surface area contributed by atoms with Crippen molar-refractivity contribution in [3.8, 4) is 6.07 Å². The predicted octanol–water partition coefficient (Wildman–Crippen LogP) is 3.51. The summed E-state index contributed by atoms with van der Waals surface area (Å²) in [6.45, 7) is 3.06. The fraction of sp³-hybridized carbons (Fsp3) is 0.562. The van der Waals surface area contributed by atoms with Gasteiger partial charge in [-0.05, 0) is 37.0 Å². The van der Waals surface area contributed by atoms with E-state index >= 15 is 0 Å². The Hall–Kier alpha value is -1.53. The van der Waals surface area contributed by atoms with Gasteiger partial charge in [-0.3, -0.25) is 0 Å². The van der Waals surface area contributed by atoms with Crippen LogP contribution >= 0.6 is 0 Å². The van der Waals surface area contributed by atoms with Crippen LogP contribution in [0.4, 0.5) is 5.69 Å². The minimum Gasteiger partial charge on any atom is -0.382 e. The summed E-state index contributed by atoms with van der Waals surface area (Å²) in [7, 11) is 0. The molecule has 0 radical (unpaired) electrons. The van der Waals surface area contributed by atoms with Crippen LogP contribution in [0.15, 0.2) is 24.3 Å². The van der Waals surface area contributed by atoms with Gasteiger partial charge in [0.05, 0.1) is 18.6 Å². The van der Waals surface area contributed by atoms with E-state index in [0.717, 1.165) is 37.1 Å². The molecule has 3 nitrogen and oxygen atoms in total. The highest BCUT2D eigenvalue weighted by Crippen LogP contribution is 2.21. The molecule has 0 aliphatic carbocycles. The first-order valence-corrected chi connectivity index (χ1v) is 7.16. The first-order valence-electron chi connectivity index (χ1n) is 7.16. The molecule has 0 saturated carbocycles. The third kappa shape index (κ3) is 4.25. The average Bonchev–Trinajstić information content (AvgIpc) is 2.42. The van der Waals surface area contributed by atoms with Crippen molar-refractivity contribution in [2.45, 2.75) is 51.2 Å². The molecule has 3 heteroatoms. The molecule has 2 rings (SSSR count). The Morgan fingerprint density at radius 3 is 2.84 bits per heavy atom. The maximum Gasteiger partial charge on any atom is 0.0669 e. The van der Waals surface area contributed by atoms with Crippen LogP contribution in [0.2, 0.25) is 0 Å². The summed E-state index contributed by atoms with van der Waals surface area (Å²) >= 11 is 0. The number of nitrogens with zero attached hydrogens (tertiary/aromatic N) is 1. The van der Waals surface area contributed by atoms with Gasteiger partial charge in [-0.1, -0.05) is 25.5 Å². The highest BCUT2D eigenvalue weighted by atomic mass is 16.5. The number of benzene rings is 1. The van der Waals surface area contributed by atoms with Crippen molar-refractivity contribution < 1.29 is 4.74 Å². The summed E-state index contributed by atoms with van der Waals surface area (Å²) in [6, 6.07) is 10.9. The molecule has 0 bridgehead atoms. The van der Waals surface area contributed by atoms with Gasteiger partial charge in [0, 0.05) is 18.3 Å². The summed E-state index contributed by atoms with van der Waals surface area (Å²) in [6.07, 6.45) is 5.39. The zero-order valence-corrected chi connectivity index (χ0v) is 11.6. The number of hydrogen-bond acceptors (Lipinski definition) is 3. The fourth-order valence-electron chi connectivity index (χ4n) is 2.58. The minimum atomic E-state index is 0.411. The Bertz CT molecular complexity index is 419. The van der Waals surface area contributed by atoms with E-state index in [0.29, 0.717) is 18.6 Å². The summed E-state index contributed by atoms with van der Waals surface area (Å²) in [5, 5.41) is 12.2. The van der Waals surface area contributed by atoms with Gasteiger partial charge < -0.3 is 10.1 Å². The average molecular weight is 258 g/mol. The zero-order chi connectivity index (χ0) is 13.5. The third-order valence-corrected chi connectivity index (χ3v) is 3.59. The van der Waals surface area contributed by atoms with Crippen LogP contribution in [0, 0.1) is 11.3 Å². The third-order valence-electron chi connectivity index (χ3n) is 3.59. The monoisotopic (exact) mass is 258 g/mol. The lowest BCUT2D eigenvalue weighted by Gasteiger charge is -2.30. The van der Waals surface area contributed by atoms with Crippen LogP contribution in [0.25, 0.3) is 0 Å². The molecule has 1 heterocycles. The minimum absolute atomic E-state index is 0.411. The molecular formula is C16H22N2O. The Labute approximate surface area is 115 Å². The van der Waals surface area contributed by atoms with E-state index in [1.165, 1.54) is 6.42 Å². The Morgan fingerprint density at radius 1 is 1.37 bits per heavy atom. The summed E-state index contributed by atoms with van der Waals surface area (Å²) < 4.78 is 5.76. The van der Waals surface area contributed by atoms with Gasteiger partial charge in [0.15, 0.2) is 0 Å². The highest BCUT2D eigenvalue weighted by Gasteiger charge is 2.21. The molecule has 1 aromatic carbocycles. The first kappa shape index (κ1) is 13.9. The molecule has 1 aliphatic heterocycles. The molecule has 2 unspecified atom stereocenters. The Kier molecular flexibility index (Phi) is 5.23. The van der Waals surface area contributed by atoms with E-state index in [1.54, 1.807) is 0 Å². The zero-order valence-electron chi connectivity index (χ0n) is 11.6. The highest BCUT2D eigenvalue weighted by molar-refractivity contribution is 5.45. The van der Waals surface area contributed by atoms with Gasteiger partial charge in [0.25, 0.3) is 0 Å². The largest absolute Gasteiger partial charge is 0.382 e. The van der Waals surface area contributed by atoms with Crippen molar-refractivity contribution in [2.24, 2.45) is 0 Å². The van der Waals surface area contributed by atoms with E-state index in [1.807, 2.05) is 12.1 Å². The van der Waals surface area contributed by atoms with E-state index in [9.17, 15) is 0 Å². The number of ether oxygens (including phenoxy) is 1. The Balaban J connectivity index is 1.88. The molecule has 0 aromatic heterocycles. The van der Waals surface area contributed by atoms with Crippen molar-refractivity contribution in [1.82, 2.24) is 0 Å². The molecule has 2 atom stereocenters. The van der Waals surface area contributed by atoms with Crippen molar-refractivity contribution >= 4 is 5.69 Å². The molecular weight excluding hydrogens is 236 g/mol. The van der Waals surface area contributed by atoms with Crippen molar-refractivity contribution in [3.63, 3.8) is 0 Å². The van der Waals surface area contributed by atoms with Crippen LogP contribution in [-0.2, 0) is 11.2 Å². The van der Waals surface area contributed by atoms with E-state index in [2.05, 4.69) is 30.4 Å². The number of rotatable bonds is 5. The number of nitriles is 1. The van der Waals surface area contributed by atoms with Crippen LogP contribution < -0.4 is 5.32 Å². The van der Waals surface area contributed by atoms with E-state index < -0.39 is 0 Å². The smallest absolute Gasteiger partial charge is 0.0669 e. The molecule has 1 N–H and O–H groups in total. The molecule has 1 aromatic rings. The topological polar surface area (TPSA) is 45.0 Å². The van der Waals surface area contributed by atoms with Gasteiger partial charge in [0.1, 0.15) is 0 Å². The van der Waals surface area contributed by atoms with Crippen LogP contribution in [-0.4, -0.2) is 18.8 Å². The molecule has 1 saturated heterocycles. The second kappa shape index (κ2) is 7.16. The number of anilines is 1. The molecule has 19 heavy (non-hydrogen) atoms. The maximum atomic E-state index is 8.65. The summed E-state index contributed by atoms with van der Waals surface area (Å²) in [4.78, 5) is 0. The van der Waals surface area contributed by atoms with Crippen molar-refractivity contribution in [2.75, 3.05) is 11.9 Å². The number of hydrogen-bond donors (Lipinski definition) is 1. The van der Waals surface area contributed by atoms with Crippen LogP contribution in [0.5, 0.6) is 0 Å². The molecule has 1 aliphatic rings. The molecule has 102 valence electrons. The lowest BCUT2D eigenvalue weighted by molar-refractivity contribution is 0.00598. The number of nitrogens with one attached hydrogen (secondary N) is 1. The lowest BCUT2D eigenvalue weighted by Crippen LogP contribution is -2.33. The van der Waals surface area contributed by atoms with Gasteiger partial charge in [-0.15, -0.1) is 0 Å².